The van der Waals surface area contributed by atoms with Gasteiger partial charge in [-0.2, -0.15) is 0 Å². The molecular formula is C11H22BS. The molecule has 0 aliphatic carbocycles. The number of hydrogen-bond acceptors (Lipinski definition) is 1. The quantitative estimate of drug-likeness (QED) is 0.520. The van der Waals surface area contributed by atoms with Crippen molar-refractivity contribution in [3.05, 3.63) is 12.0 Å². The summed E-state index contributed by atoms with van der Waals surface area (Å²) < 4.78 is 0. The Labute approximate surface area is 88.8 Å². The van der Waals surface area contributed by atoms with E-state index in [0.29, 0.717) is 0 Å². The SMILES string of the molecule is C=CSC(CCCC)CC(C)[B]C. The smallest absolute Gasteiger partial charge is 0.109 e. The van der Waals surface area contributed by atoms with Crippen LogP contribution in [0, 0.1) is 0 Å². The van der Waals surface area contributed by atoms with Gasteiger partial charge >= 0.3 is 0 Å². The second kappa shape index (κ2) is 8.74. The van der Waals surface area contributed by atoms with Crippen LogP contribution < -0.4 is 0 Å². The molecule has 0 N–H and O–H groups in total. The minimum atomic E-state index is 0.745. The maximum absolute atomic E-state index is 3.79. The van der Waals surface area contributed by atoms with E-state index in [0.717, 1.165) is 11.1 Å². The summed E-state index contributed by atoms with van der Waals surface area (Å²) in [7, 11) is 2.29. The number of unbranched alkanes of at least 4 members (excludes halogenated alkanes) is 1. The summed E-state index contributed by atoms with van der Waals surface area (Å²) in [5.74, 6) is 0.745. The van der Waals surface area contributed by atoms with Gasteiger partial charge in [-0.3, -0.25) is 0 Å². The molecule has 0 spiro atoms. The molecule has 0 saturated carbocycles. The molecule has 13 heavy (non-hydrogen) atoms. The zero-order valence-electron chi connectivity index (χ0n) is 9.25. The maximum Gasteiger partial charge on any atom is 0.109 e. The maximum atomic E-state index is 3.79. The Morgan fingerprint density at radius 2 is 2.23 bits per heavy atom. The third kappa shape index (κ3) is 7.24. The molecule has 75 valence electrons. The predicted molar refractivity (Wildman–Crippen MR) is 66.8 cm³/mol. The Bertz CT molecular complexity index is 125. The van der Waals surface area contributed by atoms with E-state index in [-0.39, 0.29) is 0 Å². The molecule has 0 aromatic heterocycles. The molecule has 2 atom stereocenters. The van der Waals surface area contributed by atoms with E-state index in [1.165, 1.54) is 25.7 Å². The summed E-state index contributed by atoms with van der Waals surface area (Å²) in [4.78, 5) is 0. The van der Waals surface area contributed by atoms with Crippen LogP contribution in [0.1, 0.15) is 39.5 Å². The van der Waals surface area contributed by atoms with Gasteiger partial charge in [0.25, 0.3) is 0 Å². The second-order valence-corrected chi connectivity index (χ2v) is 4.89. The number of rotatable bonds is 8. The highest BCUT2D eigenvalue weighted by atomic mass is 32.2. The molecule has 0 saturated heterocycles. The van der Waals surface area contributed by atoms with E-state index in [4.69, 9.17) is 0 Å². The van der Waals surface area contributed by atoms with Crippen LogP contribution in [0.2, 0.25) is 12.6 Å². The van der Waals surface area contributed by atoms with Gasteiger partial charge in [0.05, 0.1) is 0 Å². The van der Waals surface area contributed by atoms with Crippen molar-refractivity contribution in [2.24, 2.45) is 0 Å². The van der Waals surface area contributed by atoms with E-state index < -0.39 is 0 Å². The highest BCUT2D eigenvalue weighted by Gasteiger charge is 2.10. The molecule has 2 heteroatoms. The summed E-state index contributed by atoms with van der Waals surface area (Å²) in [6.07, 6.45) is 5.29. The van der Waals surface area contributed by atoms with E-state index in [1.54, 1.807) is 0 Å². The van der Waals surface area contributed by atoms with Crippen LogP contribution in [-0.4, -0.2) is 12.5 Å². The molecule has 2 unspecified atom stereocenters. The Balaban J connectivity index is 3.71. The largest absolute Gasteiger partial charge is 0.131 e. The molecule has 0 nitrogen and oxygen atoms in total. The van der Waals surface area contributed by atoms with Gasteiger partial charge in [-0.1, -0.05) is 45.9 Å². The summed E-state index contributed by atoms with van der Waals surface area (Å²) >= 11 is 1.90. The van der Waals surface area contributed by atoms with Crippen molar-refractivity contribution < 1.29 is 0 Å². The van der Waals surface area contributed by atoms with Gasteiger partial charge in [-0.15, -0.1) is 11.8 Å². The number of thioether (sulfide) groups is 1. The summed E-state index contributed by atoms with van der Waals surface area (Å²) in [5.41, 5.74) is 0. The molecule has 0 fully saturated rings. The number of hydrogen-bond donors (Lipinski definition) is 0. The Hall–Kier alpha value is 0.155. The van der Waals surface area contributed by atoms with Gasteiger partial charge in [0.1, 0.15) is 7.28 Å². The van der Waals surface area contributed by atoms with E-state index >= 15 is 0 Å². The zero-order valence-corrected chi connectivity index (χ0v) is 10.1. The van der Waals surface area contributed by atoms with E-state index in [9.17, 15) is 0 Å². The summed E-state index contributed by atoms with van der Waals surface area (Å²) in [5, 5.41) is 2.77. The van der Waals surface area contributed by atoms with Crippen molar-refractivity contribution in [2.45, 2.75) is 57.4 Å². The van der Waals surface area contributed by atoms with Crippen LogP contribution >= 0.6 is 11.8 Å². The fraction of sp³-hybridized carbons (Fsp3) is 0.818. The lowest BCUT2D eigenvalue weighted by Crippen LogP contribution is -2.07. The first-order chi connectivity index (χ1) is 6.24. The topological polar surface area (TPSA) is 0 Å². The fourth-order valence-corrected chi connectivity index (χ4v) is 2.35. The fourth-order valence-electron chi connectivity index (χ4n) is 1.36. The van der Waals surface area contributed by atoms with Crippen molar-refractivity contribution in [1.82, 2.24) is 0 Å². The summed E-state index contributed by atoms with van der Waals surface area (Å²) in [6.45, 7) is 10.5. The lowest BCUT2D eigenvalue weighted by atomic mass is 9.66. The Morgan fingerprint density at radius 3 is 2.69 bits per heavy atom. The van der Waals surface area contributed by atoms with Crippen molar-refractivity contribution >= 4 is 19.0 Å². The van der Waals surface area contributed by atoms with Crippen LogP contribution in [0.15, 0.2) is 12.0 Å². The van der Waals surface area contributed by atoms with Crippen LogP contribution in [-0.2, 0) is 0 Å². The van der Waals surface area contributed by atoms with Crippen LogP contribution in [0.4, 0.5) is 0 Å². The molecule has 0 aromatic rings. The molecule has 0 aliphatic heterocycles. The van der Waals surface area contributed by atoms with Crippen molar-refractivity contribution in [1.29, 1.82) is 0 Å². The van der Waals surface area contributed by atoms with Crippen LogP contribution in [0.5, 0.6) is 0 Å². The lowest BCUT2D eigenvalue weighted by molar-refractivity contribution is 0.638. The normalized spacial score (nSPS) is 15.0. The molecule has 0 aliphatic rings. The van der Waals surface area contributed by atoms with E-state index in [1.807, 2.05) is 17.2 Å². The van der Waals surface area contributed by atoms with Gasteiger partial charge in [0.2, 0.25) is 0 Å². The van der Waals surface area contributed by atoms with Crippen LogP contribution in [0.3, 0.4) is 0 Å². The predicted octanol–water partition coefficient (Wildman–Crippen LogP) is 4.37. The van der Waals surface area contributed by atoms with Gasteiger partial charge < -0.3 is 0 Å². The monoisotopic (exact) mass is 197 g/mol. The Morgan fingerprint density at radius 1 is 1.54 bits per heavy atom. The minimum absolute atomic E-state index is 0.745. The highest BCUT2D eigenvalue weighted by Crippen LogP contribution is 2.26. The average molecular weight is 197 g/mol. The molecule has 0 rings (SSSR count). The van der Waals surface area contributed by atoms with Crippen molar-refractivity contribution in [2.75, 3.05) is 0 Å². The minimum Gasteiger partial charge on any atom is -0.131 e. The van der Waals surface area contributed by atoms with Gasteiger partial charge in [0.15, 0.2) is 0 Å². The first kappa shape index (κ1) is 13.2. The first-order valence-electron chi connectivity index (χ1n) is 5.30. The molecule has 0 aromatic carbocycles. The third-order valence-electron chi connectivity index (χ3n) is 2.37. The van der Waals surface area contributed by atoms with Gasteiger partial charge in [-0.25, -0.2) is 0 Å². The molecule has 0 heterocycles. The first-order valence-corrected chi connectivity index (χ1v) is 6.24. The molecular weight excluding hydrogens is 175 g/mol. The highest BCUT2D eigenvalue weighted by molar-refractivity contribution is 8.02. The van der Waals surface area contributed by atoms with Crippen molar-refractivity contribution in [3.63, 3.8) is 0 Å². The lowest BCUT2D eigenvalue weighted by Gasteiger charge is -2.17. The van der Waals surface area contributed by atoms with Crippen molar-refractivity contribution in [3.8, 4) is 0 Å². The van der Waals surface area contributed by atoms with E-state index in [2.05, 4.69) is 34.5 Å². The van der Waals surface area contributed by atoms with Gasteiger partial charge in [0, 0.05) is 5.25 Å². The van der Waals surface area contributed by atoms with Crippen LogP contribution in [0.25, 0.3) is 0 Å². The second-order valence-electron chi connectivity index (χ2n) is 3.61. The molecule has 0 amide bonds. The summed E-state index contributed by atoms with van der Waals surface area (Å²) in [6, 6.07) is 0. The molecule has 0 bridgehead atoms. The average Bonchev–Trinajstić information content (AvgIpc) is 2.14. The standard InChI is InChI=1S/C11H22BS/c1-5-7-8-11(13-6-2)9-10(3)12-4/h6,10-11H,2,5,7-9H2,1,3-4H3. The third-order valence-corrected chi connectivity index (χ3v) is 3.38. The Kier molecular flexibility index (Phi) is 8.84. The zero-order chi connectivity index (χ0) is 10.1. The van der Waals surface area contributed by atoms with Gasteiger partial charge in [-0.05, 0) is 18.2 Å². The molecule has 1 radical (unpaired) electrons.